The quantitative estimate of drug-likeness (QED) is 0.714. The Morgan fingerprint density at radius 2 is 2.18 bits per heavy atom. The van der Waals surface area contributed by atoms with Gasteiger partial charge in [-0.25, -0.2) is 17.5 Å². The highest BCUT2D eigenvalue weighted by Gasteiger charge is 2.21. The molecule has 1 aromatic rings. The number of hydrogen-bond donors (Lipinski definition) is 3. The first-order valence-electron chi connectivity index (χ1n) is 4.65. The Kier molecular flexibility index (Phi) is 4.48. The van der Waals surface area contributed by atoms with Crippen LogP contribution in [0.5, 0.6) is 0 Å². The SMILES string of the molecule is CC(CO)NS(=O)(=O)c1cc(Br)c(F)cc1N. The lowest BCUT2D eigenvalue weighted by molar-refractivity contribution is 0.265. The van der Waals surface area contributed by atoms with E-state index in [0.717, 1.165) is 12.1 Å². The molecule has 0 radical (unpaired) electrons. The van der Waals surface area contributed by atoms with E-state index in [4.69, 9.17) is 10.8 Å². The van der Waals surface area contributed by atoms with E-state index in [1.807, 2.05) is 0 Å². The van der Waals surface area contributed by atoms with Crippen LogP contribution in [0.4, 0.5) is 10.1 Å². The van der Waals surface area contributed by atoms with E-state index in [1.165, 1.54) is 6.92 Å². The lowest BCUT2D eigenvalue weighted by atomic mass is 10.3. The number of rotatable bonds is 4. The van der Waals surface area contributed by atoms with Crippen LogP contribution in [0, 0.1) is 5.82 Å². The summed E-state index contributed by atoms with van der Waals surface area (Å²) >= 11 is 2.88. The van der Waals surface area contributed by atoms with Crippen LogP contribution in [0.2, 0.25) is 0 Å². The molecule has 96 valence electrons. The van der Waals surface area contributed by atoms with Crippen LogP contribution in [0.1, 0.15) is 6.92 Å². The summed E-state index contributed by atoms with van der Waals surface area (Å²) < 4.78 is 39.0. The van der Waals surface area contributed by atoms with Crippen molar-refractivity contribution in [2.45, 2.75) is 17.9 Å². The molecule has 1 unspecified atom stereocenters. The molecule has 1 aromatic carbocycles. The molecule has 0 fully saturated rings. The van der Waals surface area contributed by atoms with Gasteiger partial charge >= 0.3 is 0 Å². The number of aliphatic hydroxyl groups is 1. The molecular weight excluding hydrogens is 315 g/mol. The molecule has 0 spiro atoms. The minimum atomic E-state index is -3.87. The summed E-state index contributed by atoms with van der Waals surface area (Å²) in [5.74, 6) is -0.642. The van der Waals surface area contributed by atoms with Gasteiger partial charge in [-0.1, -0.05) is 0 Å². The topological polar surface area (TPSA) is 92.4 Å². The maximum absolute atomic E-state index is 13.1. The zero-order valence-electron chi connectivity index (χ0n) is 8.94. The number of sulfonamides is 1. The minimum absolute atomic E-state index is 0.00345. The first kappa shape index (κ1) is 14.4. The van der Waals surface area contributed by atoms with Gasteiger partial charge in [0.2, 0.25) is 10.0 Å². The fraction of sp³-hybridized carbons (Fsp3) is 0.333. The Hall–Kier alpha value is -0.700. The third kappa shape index (κ3) is 3.38. The van der Waals surface area contributed by atoms with Crippen molar-refractivity contribution in [3.63, 3.8) is 0 Å². The third-order valence-corrected chi connectivity index (χ3v) is 4.23. The Bertz CT molecular complexity index is 521. The summed E-state index contributed by atoms with van der Waals surface area (Å²) in [4.78, 5) is -0.230. The number of halogens is 2. The Morgan fingerprint density at radius 1 is 1.59 bits per heavy atom. The highest BCUT2D eigenvalue weighted by Crippen LogP contribution is 2.26. The summed E-state index contributed by atoms with van der Waals surface area (Å²) in [5.41, 5.74) is 5.26. The maximum Gasteiger partial charge on any atom is 0.242 e. The largest absolute Gasteiger partial charge is 0.398 e. The molecule has 0 aromatic heterocycles. The van der Waals surface area contributed by atoms with Crippen LogP contribution in [0.25, 0.3) is 0 Å². The van der Waals surface area contributed by atoms with Crippen molar-refractivity contribution in [2.24, 2.45) is 0 Å². The van der Waals surface area contributed by atoms with Crippen LogP contribution >= 0.6 is 15.9 Å². The normalized spacial score (nSPS) is 13.6. The Balaban J connectivity index is 3.20. The number of hydrogen-bond acceptors (Lipinski definition) is 4. The van der Waals surface area contributed by atoms with E-state index in [-0.39, 0.29) is 21.7 Å². The fourth-order valence-corrected chi connectivity index (χ4v) is 3.01. The second-order valence-corrected chi connectivity index (χ2v) is 6.05. The van der Waals surface area contributed by atoms with Crippen molar-refractivity contribution in [1.82, 2.24) is 4.72 Å². The van der Waals surface area contributed by atoms with Crippen molar-refractivity contribution < 1.29 is 17.9 Å². The van der Waals surface area contributed by atoms with E-state index >= 15 is 0 Å². The van der Waals surface area contributed by atoms with E-state index < -0.39 is 21.9 Å². The molecule has 0 amide bonds. The lowest BCUT2D eigenvalue weighted by Crippen LogP contribution is -2.35. The smallest absolute Gasteiger partial charge is 0.242 e. The molecule has 1 atom stereocenters. The van der Waals surface area contributed by atoms with Gasteiger partial charge in [0.25, 0.3) is 0 Å². The summed E-state index contributed by atoms with van der Waals surface area (Å²) in [6, 6.07) is 1.35. The minimum Gasteiger partial charge on any atom is -0.398 e. The van der Waals surface area contributed by atoms with Crippen molar-refractivity contribution in [3.8, 4) is 0 Å². The summed E-state index contributed by atoms with van der Waals surface area (Å²) in [5, 5.41) is 8.79. The number of anilines is 1. The number of aliphatic hydroxyl groups excluding tert-OH is 1. The molecule has 0 aliphatic heterocycles. The molecule has 0 saturated heterocycles. The monoisotopic (exact) mass is 326 g/mol. The van der Waals surface area contributed by atoms with Gasteiger partial charge in [0.1, 0.15) is 10.7 Å². The highest BCUT2D eigenvalue weighted by molar-refractivity contribution is 9.10. The van der Waals surface area contributed by atoms with Crippen LogP contribution in [-0.2, 0) is 10.0 Å². The van der Waals surface area contributed by atoms with Gasteiger partial charge in [-0.3, -0.25) is 0 Å². The third-order valence-electron chi connectivity index (χ3n) is 1.97. The standard InChI is InChI=1S/C9H12BrFN2O3S/c1-5(4-14)13-17(15,16)9-2-6(10)7(11)3-8(9)12/h2-3,5,13-14H,4,12H2,1H3. The molecule has 1 rings (SSSR count). The molecule has 5 nitrogen and oxygen atoms in total. The van der Waals surface area contributed by atoms with Gasteiger partial charge in [-0.2, -0.15) is 0 Å². The highest BCUT2D eigenvalue weighted by atomic mass is 79.9. The van der Waals surface area contributed by atoms with Crippen LogP contribution in [0.3, 0.4) is 0 Å². The van der Waals surface area contributed by atoms with Crippen LogP contribution in [-0.4, -0.2) is 26.2 Å². The number of nitrogens with one attached hydrogen (secondary N) is 1. The van der Waals surface area contributed by atoms with Gasteiger partial charge in [0.05, 0.1) is 16.8 Å². The Labute approximate surface area is 107 Å². The van der Waals surface area contributed by atoms with E-state index in [9.17, 15) is 12.8 Å². The molecule has 4 N–H and O–H groups in total. The predicted molar refractivity (Wildman–Crippen MR) is 65.4 cm³/mol. The molecule has 0 saturated carbocycles. The summed E-state index contributed by atoms with van der Waals surface area (Å²) in [6.45, 7) is 1.15. The lowest BCUT2D eigenvalue weighted by Gasteiger charge is -2.13. The van der Waals surface area contributed by atoms with E-state index in [0.29, 0.717) is 0 Å². The molecule has 8 heteroatoms. The summed E-state index contributed by atoms with van der Waals surface area (Å²) in [7, 11) is -3.87. The molecule has 17 heavy (non-hydrogen) atoms. The van der Waals surface area contributed by atoms with Crippen LogP contribution in [0.15, 0.2) is 21.5 Å². The van der Waals surface area contributed by atoms with Crippen LogP contribution < -0.4 is 10.5 Å². The van der Waals surface area contributed by atoms with Crippen molar-refractivity contribution in [1.29, 1.82) is 0 Å². The zero-order valence-corrected chi connectivity index (χ0v) is 11.3. The van der Waals surface area contributed by atoms with Crippen molar-refractivity contribution >= 4 is 31.6 Å². The average molecular weight is 327 g/mol. The number of benzene rings is 1. The summed E-state index contributed by atoms with van der Waals surface area (Å²) in [6.07, 6.45) is 0. The number of nitrogens with two attached hydrogens (primary N) is 1. The molecule has 0 aliphatic carbocycles. The Morgan fingerprint density at radius 3 is 2.71 bits per heavy atom. The van der Waals surface area contributed by atoms with Gasteiger partial charge in [0.15, 0.2) is 0 Å². The van der Waals surface area contributed by atoms with E-state index in [2.05, 4.69) is 20.7 Å². The molecule has 0 heterocycles. The van der Waals surface area contributed by atoms with Gasteiger partial charge in [0, 0.05) is 6.04 Å². The molecule has 0 bridgehead atoms. The van der Waals surface area contributed by atoms with Gasteiger partial charge in [-0.05, 0) is 35.0 Å². The fourth-order valence-electron chi connectivity index (χ4n) is 1.14. The second-order valence-electron chi connectivity index (χ2n) is 3.51. The first-order chi connectivity index (χ1) is 7.77. The van der Waals surface area contributed by atoms with Crippen molar-refractivity contribution in [2.75, 3.05) is 12.3 Å². The molecular formula is C9H12BrFN2O3S. The maximum atomic E-state index is 13.1. The molecule has 0 aliphatic rings. The average Bonchev–Trinajstić information content (AvgIpc) is 2.22. The predicted octanol–water partition coefficient (Wildman–Crippen LogP) is 0.830. The van der Waals surface area contributed by atoms with Gasteiger partial charge < -0.3 is 10.8 Å². The zero-order chi connectivity index (χ0) is 13.2. The first-order valence-corrected chi connectivity index (χ1v) is 6.93. The van der Waals surface area contributed by atoms with E-state index in [1.54, 1.807) is 0 Å². The van der Waals surface area contributed by atoms with Crippen molar-refractivity contribution in [3.05, 3.63) is 22.4 Å². The second kappa shape index (κ2) is 5.30. The number of nitrogen functional groups attached to an aromatic ring is 1. The van der Waals surface area contributed by atoms with Gasteiger partial charge in [-0.15, -0.1) is 0 Å².